The van der Waals surface area contributed by atoms with Crippen LogP contribution in [0.3, 0.4) is 0 Å². The fourth-order valence-electron chi connectivity index (χ4n) is 3.40. The third kappa shape index (κ3) is 4.88. The van der Waals surface area contributed by atoms with Gasteiger partial charge in [0.25, 0.3) is 5.91 Å². The SMILES string of the molecule is CC(c1ncnn1-c1cccc(Cl)n1)N(CC1CC1)C(=O)c1cc(Cl)cc(C(F)(F)F)c1. The van der Waals surface area contributed by atoms with Crippen LogP contribution in [0.4, 0.5) is 13.2 Å². The quantitative estimate of drug-likeness (QED) is 0.428. The minimum Gasteiger partial charge on any atom is -0.328 e. The Morgan fingerprint density at radius 2 is 2.00 bits per heavy atom. The van der Waals surface area contributed by atoms with Crippen LogP contribution in [0.25, 0.3) is 5.82 Å². The van der Waals surface area contributed by atoms with E-state index >= 15 is 0 Å². The molecule has 0 aliphatic heterocycles. The number of hydrogen-bond acceptors (Lipinski definition) is 4. The van der Waals surface area contributed by atoms with Crippen molar-refractivity contribution in [3.8, 4) is 5.82 Å². The van der Waals surface area contributed by atoms with Gasteiger partial charge in [0.1, 0.15) is 11.5 Å². The molecule has 1 fully saturated rings. The third-order valence-corrected chi connectivity index (χ3v) is 5.65. The van der Waals surface area contributed by atoms with E-state index in [1.54, 1.807) is 25.1 Å². The lowest BCUT2D eigenvalue weighted by atomic mass is 10.1. The zero-order valence-corrected chi connectivity index (χ0v) is 18.4. The van der Waals surface area contributed by atoms with Crippen LogP contribution in [0, 0.1) is 5.92 Å². The van der Waals surface area contributed by atoms with Gasteiger partial charge in [-0.25, -0.2) is 9.97 Å². The summed E-state index contributed by atoms with van der Waals surface area (Å²) in [6.45, 7) is 2.13. The first-order valence-electron chi connectivity index (χ1n) is 9.85. The molecule has 0 saturated heterocycles. The molecule has 3 aromatic rings. The number of pyridine rings is 1. The Balaban J connectivity index is 1.71. The second-order valence-electron chi connectivity index (χ2n) is 7.65. The number of nitrogens with zero attached hydrogens (tertiary/aromatic N) is 5. The molecule has 11 heteroatoms. The summed E-state index contributed by atoms with van der Waals surface area (Å²) in [5, 5.41) is 4.30. The molecule has 1 saturated carbocycles. The molecule has 0 N–H and O–H groups in total. The van der Waals surface area contributed by atoms with E-state index in [1.165, 1.54) is 22.0 Å². The van der Waals surface area contributed by atoms with Gasteiger partial charge < -0.3 is 4.90 Å². The van der Waals surface area contributed by atoms with Gasteiger partial charge in [0.15, 0.2) is 11.6 Å². The zero-order valence-electron chi connectivity index (χ0n) is 16.9. The number of carbonyl (C=O) groups excluding carboxylic acids is 1. The van der Waals surface area contributed by atoms with Crippen molar-refractivity contribution in [3.05, 3.63) is 69.9 Å². The second-order valence-corrected chi connectivity index (χ2v) is 8.48. The van der Waals surface area contributed by atoms with Gasteiger partial charge in [0, 0.05) is 17.1 Å². The van der Waals surface area contributed by atoms with E-state index in [0.717, 1.165) is 25.0 Å². The number of carbonyl (C=O) groups is 1. The molecule has 2 heterocycles. The van der Waals surface area contributed by atoms with E-state index in [9.17, 15) is 18.0 Å². The molecular weight excluding hydrogens is 466 g/mol. The van der Waals surface area contributed by atoms with Crippen LogP contribution in [0.2, 0.25) is 10.2 Å². The van der Waals surface area contributed by atoms with Gasteiger partial charge in [0.2, 0.25) is 0 Å². The molecule has 1 unspecified atom stereocenters. The van der Waals surface area contributed by atoms with E-state index < -0.39 is 23.7 Å². The predicted molar refractivity (Wildman–Crippen MR) is 113 cm³/mol. The number of hydrogen-bond donors (Lipinski definition) is 0. The molecule has 6 nitrogen and oxygen atoms in total. The first kappa shape index (κ1) is 22.5. The molecule has 32 heavy (non-hydrogen) atoms. The molecule has 0 radical (unpaired) electrons. The molecule has 1 aliphatic rings. The molecular formula is C21H18Cl2F3N5O. The Labute approximate surface area is 192 Å². The zero-order chi connectivity index (χ0) is 23.0. The van der Waals surface area contributed by atoms with Crippen LogP contribution in [0.1, 0.15) is 47.6 Å². The average Bonchev–Trinajstić information content (AvgIpc) is 3.42. The Morgan fingerprint density at radius 1 is 1.25 bits per heavy atom. The summed E-state index contributed by atoms with van der Waals surface area (Å²) in [7, 11) is 0. The molecule has 0 bridgehead atoms. The highest BCUT2D eigenvalue weighted by atomic mass is 35.5. The summed E-state index contributed by atoms with van der Waals surface area (Å²) in [5.74, 6) is 0.541. The van der Waals surface area contributed by atoms with Crippen molar-refractivity contribution in [1.82, 2.24) is 24.6 Å². The first-order chi connectivity index (χ1) is 15.1. The topological polar surface area (TPSA) is 63.9 Å². The van der Waals surface area contributed by atoms with Crippen molar-refractivity contribution in [2.24, 2.45) is 5.92 Å². The van der Waals surface area contributed by atoms with Crippen LogP contribution < -0.4 is 0 Å². The monoisotopic (exact) mass is 483 g/mol. The van der Waals surface area contributed by atoms with Crippen LogP contribution in [0.15, 0.2) is 42.7 Å². The summed E-state index contributed by atoms with van der Waals surface area (Å²) in [6.07, 6.45) is -1.40. The van der Waals surface area contributed by atoms with Gasteiger partial charge in [0.05, 0.1) is 11.6 Å². The van der Waals surface area contributed by atoms with Crippen LogP contribution >= 0.6 is 23.2 Å². The average molecular weight is 484 g/mol. The number of rotatable bonds is 6. The summed E-state index contributed by atoms with van der Waals surface area (Å²) in [4.78, 5) is 23.4. The van der Waals surface area contributed by atoms with E-state index in [1.807, 2.05) is 0 Å². The molecule has 4 rings (SSSR count). The van der Waals surface area contributed by atoms with Gasteiger partial charge in [-0.2, -0.15) is 23.0 Å². The molecule has 1 aliphatic carbocycles. The molecule has 1 aromatic carbocycles. The fraction of sp³-hybridized carbons (Fsp3) is 0.333. The highest BCUT2D eigenvalue weighted by molar-refractivity contribution is 6.31. The fourth-order valence-corrected chi connectivity index (χ4v) is 3.80. The standard InChI is InChI=1S/C21H18Cl2F3N5O/c1-12(19-27-11-28-31(19)18-4-2-3-17(23)29-18)30(10-13-5-6-13)20(32)14-7-15(21(24,25)26)9-16(22)8-14/h2-4,7-9,11-13H,5-6,10H2,1H3. The Hall–Kier alpha value is -2.65. The Morgan fingerprint density at radius 3 is 2.66 bits per heavy atom. The third-order valence-electron chi connectivity index (χ3n) is 5.22. The summed E-state index contributed by atoms with van der Waals surface area (Å²) in [5.41, 5.74) is -1.11. The van der Waals surface area contributed by atoms with Crippen molar-refractivity contribution in [2.75, 3.05) is 6.54 Å². The number of alkyl halides is 3. The van der Waals surface area contributed by atoms with Crippen molar-refractivity contribution >= 4 is 29.1 Å². The maximum absolute atomic E-state index is 13.4. The smallest absolute Gasteiger partial charge is 0.328 e. The molecule has 168 valence electrons. The normalized spacial score (nSPS) is 14.9. The second kappa shape index (κ2) is 8.71. The maximum Gasteiger partial charge on any atom is 0.416 e. The van der Waals surface area contributed by atoms with Gasteiger partial charge in [-0.05, 0) is 56.0 Å². The van der Waals surface area contributed by atoms with Crippen molar-refractivity contribution in [3.63, 3.8) is 0 Å². The van der Waals surface area contributed by atoms with Crippen LogP contribution in [-0.2, 0) is 6.18 Å². The first-order valence-corrected chi connectivity index (χ1v) is 10.6. The lowest BCUT2D eigenvalue weighted by molar-refractivity contribution is -0.137. The van der Waals surface area contributed by atoms with Crippen molar-refractivity contribution in [1.29, 1.82) is 0 Å². The van der Waals surface area contributed by atoms with E-state index in [2.05, 4.69) is 15.1 Å². The van der Waals surface area contributed by atoms with Crippen LogP contribution in [0.5, 0.6) is 0 Å². The van der Waals surface area contributed by atoms with E-state index in [4.69, 9.17) is 23.2 Å². The molecule has 2 aromatic heterocycles. The lowest BCUT2D eigenvalue weighted by Gasteiger charge is -2.29. The minimum atomic E-state index is -4.62. The van der Waals surface area contributed by atoms with Crippen molar-refractivity contribution < 1.29 is 18.0 Å². The number of benzene rings is 1. The van der Waals surface area contributed by atoms with Crippen molar-refractivity contribution in [2.45, 2.75) is 32.0 Å². The van der Waals surface area contributed by atoms with Crippen LogP contribution in [-0.4, -0.2) is 37.1 Å². The van der Waals surface area contributed by atoms with Gasteiger partial charge >= 0.3 is 6.18 Å². The Kier molecular flexibility index (Phi) is 6.13. The number of amides is 1. The molecule has 1 amide bonds. The van der Waals surface area contributed by atoms with Gasteiger partial charge in [-0.15, -0.1) is 0 Å². The lowest BCUT2D eigenvalue weighted by Crippen LogP contribution is -2.36. The number of halogens is 5. The largest absolute Gasteiger partial charge is 0.416 e. The maximum atomic E-state index is 13.4. The summed E-state index contributed by atoms with van der Waals surface area (Å²) >= 11 is 11.9. The van der Waals surface area contributed by atoms with Gasteiger partial charge in [-0.3, -0.25) is 4.79 Å². The summed E-state index contributed by atoms with van der Waals surface area (Å²) in [6, 6.07) is 7.29. The highest BCUT2D eigenvalue weighted by Gasteiger charge is 2.35. The Bertz CT molecular complexity index is 1150. The molecule has 1 atom stereocenters. The predicted octanol–water partition coefficient (Wildman–Crippen LogP) is 5.60. The minimum absolute atomic E-state index is 0.135. The van der Waals surface area contributed by atoms with E-state index in [0.29, 0.717) is 18.2 Å². The van der Waals surface area contributed by atoms with Gasteiger partial charge in [-0.1, -0.05) is 29.3 Å². The number of aromatic nitrogens is 4. The summed E-state index contributed by atoms with van der Waals surface area (Å²) < 4.78 is 41.3. The highest BCUT2D eigenvalue weighted by Crippen LogP contribution is 2.35. The van der Waals surface area contributed by atoms with E-state index in [-0.39, 0.29) is 21.7 Å². The molecule has 0 spiro atoms.